The summed E-state index contributed by atoms with van der Waals surface area (Å²) in [4.78, 5) is 4.98. The summed E-state index contributed by atoms with van der Waals surface area (Å²) in [7, 11) is 0. The van der Waals surface area contributed by atoms with Crippen molar-refractivity contribution in [3.05, 3.63) is 0 Å². The molecule has 1 aliphatic heterocycles. The van der Waals surface area contributed by atoms with Crippen molar-refractivity contribution in [1.29, 1.82) is 0 Å². The molecular formula is C10H23N3. The molecule has 13 heavy (non-hydrogen) atoms. The summed E-state index contributed by atoms with van der Waals surface area (Å²) in [6.45, 7) is 11.5. The van der Waals surface area contributed by atoms with Crippen LogP contribution >= 0.6 is 0 Å². The largest absolute Gasteiger partial charge is 0.327 e. The summed E-state index contributed by atoms with van der Waals surface area (Å²) in [6, 6.07) is 0.369. The molecule has 3 nitrogen and oxygen atoms in total. The van der Waals surface area contributed by atoms with Gasteiger partial charge in [0.2, 0.25) is 0 Å². The van der Waals surface area contributed by atoms with Crippen LogP contribution in [-0.2, 0) is 0 Å². The van der Waals surface area contributed by atoms with Crippen LogP contribution in [0, 0.1) is 0 Å². The molecule has 0 spiro atoms. The molecule has 1 fully saturated rings. The van der Waals surface area contributed by atoms with Gasteiger partial charge >= 0.3 is 0 Å². The Morgan fingerprint density at radius 2 is 1.62 bits per heavy atom. The van der Waals surface area contributed by atoms with Crippen molar-refractivity contribution in [3.8, 4) is 0 Å². The Morgan fingerprint density at radius 3 is 2.08 bits per heavy atom. The van der Waals surface area contributed by atoms with Gasteiger partial charge in [0, 0.05) is 38.8 Å². The third-order valence-corrected chi connectivity index (χ3v) is 2.93. The number of nitrogens with zero attached hydrogens (tertiary/aromatic N) is 2. The van der Waals surface area contributed by atoms with E-state index < -0.39 is 0 Å². The summed E-state index contributed by atoms with van der Waals surface area (Å²) in [5.74, 6) is 0. The van der Waals surface area contributed by atoms with Gasteiger partial charge in [0.25, 0.3) is 0 Å². The lowest BCUT2D eigenvalue weighted by atomic mass is 10.2. The highest BCUT2D eigenvalue weighted by Gasteiger charge is 2.16. The zero-order chi connectivity index (χ0) is 9.68. The predicted octanol–water partition coefficient (Wildman–Crippen LogP) is 0.361. The minimum Gasteiger partial charge on any atom is -0.327 e. The molecular weight excluding hydrogens is 162 g/mol. The van der Waals surface area contributed by atoms with E-state index in [1.165, 1.54) is 32.7 Å². The highest BCUT2D eigenvalue weighted by atomic mass is 15.3. The molecule has 0 aromatic carbocycles. The Labute approximate surface area is 81.9 Å². The van der Waals surface area contributed by atoms with Crippen molar-refractivity contribution in [1.82, 2.24) is 9.80 Å². The van der Waals surface area contributed by atoms with E-state index in [9.17, 15) is 0 Å². The third-order valence-electron chi connectivity index (χ3n) is 2.93. The van der Waals surface area contributed by atoms with Gasteiger partial charge in [-0.2, -0.15) is 0 Å². The van der Waals surface area contributed by atoms with Gasteiger partial charge in [-0.3, -0.25) is 4.90 Å². The number of likely N-dealkylation sites (N-methyl/N-ethyl adjacent to an activating group) is 1. The van der Waals surface area contributed by atoms with Crippen molar-refractivity contribution < 1.29 is 0 Å². The molecule has 0 unspecified atom stereocenters. The predicted molar refractivity (Wildman–Crippen MR) is 56.8 cm³/mol. The zero-order valence-electron chi connectivity index (χ0n) is 9.00. The highest BCUT2D eigenvalue weighted by molar-refractivity contribution is 4.74. The third kappa shape index (κ3) is 3.63. The first kappa shape index (κ1) is 11.0. The Bertz CT molecular complexity index is 130. The van der Waals surface area contributed by atoms with Crippen molar-refractivity contribution in [2.24, 2.45) is 5.73 Å². The molecule has 0 amide bonds. The molecule has 0 aromatic heterocycles. The lowest BCUT2D eigenvalue weighted by Gasteiger charge is -2.35. The highest BCUT2D eigenvalue weighted by Crippen LogP contribution is 2.02. The van der Waals surface area contributed by atoms with Crippen molar-refractivity contribution >= 4 is 0 Å². The quantitative estimate of drug-likeness (QED) is 0.686. The van der Waals surface area contributed by atoms with Gasteiger partial charge in [0.15, 0.2) is 0 Å². The number of nitrogens with two attached hydrogens (primary N) is 1. The van der Waals surface area contributed by atoms with E-state index in [-0.39, 0.29) is 0 Å². The van der Waals surface area contributed by atoms with Crippen LogP contribution in [0.3, 0.4) is 0 Å². The van der Waals surface area contributed by atoms with Gasteiger partial charge in [-0.15, -0.1) is 0 Å². The molecule has 0 aliphatic carbocycles. The van der Waals surface area contributed by atoms with Crippen LogP contribution in [-0.4, -0.2) is 55.1 Å². The smallest absolute Gasteiger partial charge is 0.0165 e. The molecule has 3 heteroatoms. The van der Waals surface area contributed by atoms with Gasteiger partial charge in [-0.25, -0.2) is 0 Å². The van der Waals surface area contributed by atoms with E-state index in [0.29, 0.717) is 6.04 Å². The van der Waals surface area contributed by atoms with Crippen molar-refractivity contribution in [2.45, 2.75) is 26.3 Å². The van der Waals surface area contributed by atoms with Crippen molar-refractivity contribution in [2.75, 3.05) is 39.3 Å². The zero-order valence-corrected chi connectivity index (χ0v) is 9.00. The normalized spacial score (nSPS) is 23.3. The Hall–Kier alpha value is -0.120. The van der Waals surface area contributed by atoms with E-state index in [4.69, 9.17) is 5.73 Å². The maximum atomic E-state index is 5.92. The summed E-state index contributed by atoms with van der Waals surface area (Å²) < 4.78 is 0. The summed E-state index contributed by atoms with van der Waals surface area (Å²) in [5.41, 5.74) is 5.92. The fourth-order valence-electron chi connectivity index (χ4n) is 1.75. The number of piperazine rings is 1. The Balaban J connectivity index is 2.17. The number of hydrogen-bond donors (Lipinski definition) is 1. The van der Waals surface area contributed by atoms with Crippen molar-refractivity contribution in [3.63, 3.8) is 0 Å². The standard InChI is InChI=1S/C10H23N3/c1-3-10(11)9-13-7-5-12(4-2)6-8-13/h10H,3-9,11H2,1-2H3/t10-/m1/s1. The van der Waals surface area contributed by atoms with Crippen LogP contribution in [0.2, 0.25) is 0 Å². The molecule has 0 radical (unpaired) electrons. The van der Waals surface area contributed by atoms with Gasteiger partial charge in [0.05, 0.1) is 0 Å². The second-order valence-electron chi connectivity index (χ2n) is 3.90. The van der Waals surface area contributed by atoms with Gasteiger partial charge in [-0.1, -0.05) is 13.8 Å². The monoisotopic (exact) mass is 185 g/mol. The second kappa shape index (κ2) is 5.58. The maximum absolute atomic E-state index is 5.92. The first-order chi connectivity index (χ1) is 6.26. The van der Waals surface area contributed by atoms with Gasteiger partial charge in [-0.05, 0) is 13.0 Å². The SMILES string of the molecule is CC[C@@H](N)CN1CCN(CC)CC1. The van der Waals surface area contributed by atoms with Crippen LogP contribution in [0.4, 0.5) is 0 Å². The fraction of sp³-hybridized carbons (Fsp3) is 1.00. The Kier molecular flexibility index (Phi) is 4.70. The molecule has 1 atom stereocenters. The molecule has 1 heterocycles. The first-order valence-electron chi connectivity index (χ1n) is 5.46. The fourth-order valence-corrected chi connectivity index (χ4v) is 1.75. The maximum Gasteiger partial charge on any atom is 0.0165 e. The molecule has 0 aromatic rings. The first-order valence-corrected chi connectivity index (χ1v) is 5.46. The molecule has 0 saturated carbocycles. The van der Waals surface area contributed by atoms with Gasteiger partial charge < -0.3 is 10.6 Å². The summed E-state index contributed by atoms with van der Waals surface area (Å²) in [5, 5.41) is 0. The van der Waals surface area contributed by atoms with Crippen LogP contribution < -0.4 is 5.73 Å². The molecule has 1 saturated heterocycles. The molecule has 0 bridgehead atoms. The van der Waals surface area contributed by atoms with E-state index in [0.717, 1.165) is 13.0 Å². The molecule has 78 valence electrons. The lowest BCUT2D eigenvalue weighted by Crippen LogP contribution is -2.49. The second-order valence-corrected chi connectivity index (χ2v) is 3.90. The van der Waals surface area contributed by atoms with Crippen LogP contribution in [0.5, 0.6) is 0 Å². The number of hydrogen-bond acceptors (Lipinski definition) is 3. The lowest BCUT2D eigenvalue weighted by molar-refractivity contribution is 0.131. The van der Waals surface area contributed by atoms with Crippen LogP contribution in [0.15, 0.2) is 0 Å². The molecule has 1 rings (SSSR count). The Morgan fingerprint density at radius 1 is 1.08 bits per heavy atom. The van der Waals surface area contributed by atoms with Crippen LogP contribution in [0.1, 0.15) is 20.3 Å². The topological polar surface area (TPSA) is 32.5 Å². The van der Waals surface area contributed by atoms with Crippen LogP contribution in [0.25, 0.3) is 0 Å². The summed E-state index contributed by atoms with van der Waals surface area (Å²) >= 11 is 0. The number of rotatable bonds is 4. The molecule has 2 N–H and O–H groups in total. The van der Waals surface area contributed by atoms with Gasteiger partial charge in [0.1, 0.15) is 0 Å². The van der Waals surface area contributed by atoms with E-state index in [2.05, 4.69) is 23.6 Å². The summed E-state index contributed by atoms with van der Waals surface area (Å²) in [6.07, 6.45) is 1.09. The molecule has 1 aliphatic rings. The average Bonchev–Trinajstić information content (AvgIpc) is 2.19. The van der Waals surface area contributed by atoms with E-state index in [1.807, 2.05) is 0 Å². The minimum atomic E-state index is 0.369. The minimum absolute atomic E-state index is 0.369. The van der Waals surface area contributed by atoms with E-state index >= 15 is 0 Å². The van der Waals surface area contributed by atoms with E-state index in [1.54, 1.807) is 0 Å². The average molecular weight is 185 g/mol.